The molecule has 2 aromatic heterocycles. The Hall–Kier alpha value is -1.85. The average molecular weight is 368 g/mol. The third kappa shape index (κ3) is 2.07. The molecule has 3 heterocycles. The number of nitrogens with one attached hydrogen (secondary N) is 1. The fourth-order valence-corrected chi connectivity index (χ4v) is 5.44. The number of piperidine rings is 1. The molecule has 1 N–H and O–H groups in total. The molecule has 0 radical (unpaired) electrons. The molecule has 0 spiro atoms. The van der Waals surface area contributed by atoms with Gasteiger partial charge in [0.1, 0.15) is 5.69 Å². The van der Waals surface area contributed by atoms with Crippen molar-refractivity contribution in [3.63, 3.8) is 0 Å². The van der Waals surface area contributed by atoms with Gasteiger partial charge in [-0.25, -0.2) is 4.68 Å². The van der Waals surface area contributed by atoms with E-state index in [1.165, 1.54) is 24.8 Å². The zero-order valence-electron chi connectivity index (χ0n) is 14.7. The van der Waals surface area contributed by atoms with Crippen LogP contribution in [0.1, 0.15) is 43.6 Å². The number of aromatic nitrogens is 4. The van der Waals surface area contributed by atoms with Gasteiger partial charge < -0.3 is 5.32 Å². The molecular weight excluding hydrogens is 346 g/mol. The molecule has 1 saturated heterocycles. The summed E-state index contributed by atoms with van der Waals surface area (Å²) in [5.41, 5.74) is 3.74. The van der Waals surface area contributed by atoms with Gasteiger partial charge in [0.25, 0.3) is 0 Å². The Balaban J connectivity index is 1.41. The number of hydrogen-bond donors (Lipinski definition) is 1. The van der Waals surface area contributed by atoms with Gasteiger partial charge in [-0.3, -0.25) is 4.68 Å². The van der Waals surface area contributed by atoms with E-state index in [9.17, 15) is 0 Å². The Labute approximate surface area is 157 Å². The van der Waals surface area contributed by atoms with Gasteiger partial charge in [-0.1, -0.05) is 11.6 Å². The van der Waals surface area contributed by atoms with Crippen LogP contribution < -0.4 is 5.32 Å². The van der Waals surface area contributed by atoms with Crippen molar-refractivity contribution in [2.45, 2.75) is 43.6 Å². The summed E-state index contributed by atoms with van der Waals surface area (Å²) in [7, 11) is 0. The maximum Gasteiger partial charge on any atom is 0.103 e. The molecule has 6 heteroatoms. The van der Waals surface area contributed by atoms with Crippen LogP contribution in [0.2, 0.25) is 5.02 Å². The largest absolute Gasteiger partial charge is 0.317 e. The molecule has 7 rings (SSSR count). The number of hydrogen-bond acceptors (Lipinski definition) is 3. The predicted octanol–water partition coefficient (Wildman–Crippen LogP) is 3.85. The zero-order chi connectivity index (χ0) is 17.3. The van der Waals surface area contributed by atoms with Crippen LogP contribution in [0.4, 0.5) is 0 Å². The van der Waals surface area contributed by atoms with Gasteiger partial charge in [0, 0.05) is 10.4 Å². The highest BCUT2D eigenvalue weighted by Gasteiger charge is 2.58. The molecule has 4 aliphatic rings. The molecule has 2 bridgehead atoms. The van der Waals surface area contributed by atoms with E-state index in [1.54, 1.807) is 0 Å². The van der Waals surface area contributed by atoms with Gasteiger partial charge in [-0.05, 0) is 74.7 Å². The lowest BCUT2D eigenvalue weighted by atomic mass is 9.50. The first-order chi connectivity index (χ1) is 12.7. The van der Waals surface area contributed by atoms with Crippen molar-refractivity contribution < 1.29 is 0 Å². The third-order valence-electron chi connectivity index (χ3n) is 6.77. The molecule has 134 valence electrons. The molecule has 0 unspecified atom stereocenters. The van der Waals surface area contributed by atoms with Crippen LogP contribution in [0.3, 0.4) is 0 Å². The summed E-state index contributed by atoms with van der Waals surface area (Å²) in [6.45, 7) is 2.13. The number of fused-ring (bicyclic) bond motifs is 1. The van der Waals surface area contributed by atoms with E-state index in [1.807, 2.05) is 17.1 Å². The lowest BCUT2D eigenvalue weighted by Crippen LogP contribution is -2.59. The summed E-state index contributed by atoms with van der Waals surface area (Å²) in [5, 5.41) is 14.7. The second-order valence-electron chi connectivity index (χ2n) is 8.36. The van der Waals surface area contributed by atoms with Crippen LogP contribution in [0.5, 0.6) is 0 Å². The number of rotatable bonds is 3. The minimum Gasteiger partial charge on any atom is -0.317 e. The lowest BCUT2D eigenvalue weighted by molar-refractivity contribution is -0.0977. The Morgan fingerprint density at radius 2 is 1.88 bits per heavy atom. The molecule has 4 fully saturated rings. The van der Waals surface area contributed by atoms with E-state index < -0.39 is 0 Å². The first kappa shape index (κ1) is 15.2. The summed E-state index contributed by atoms with van der Waals surface area (Å²) >= 11 is 6.61. The van der Waals surface area contributed by atoms with Gasteiger partial charge in [-0.2, -0.15) is 10.2 Å². The van der Waals surface area contributed by atoms with Crippen molar-refractivity contribution in [2.24, 2.45) is 5.92 Å². The molecule has 0 amide bonds. The van der Waals surface area contributed by atoms with Crippen LogP contribution in [-0.4, -0.2) is 32.7 Å². The fraction of sp³-hybridized carbons (Fsp3) is 0.500. The normalized spacial score (nSPS) is 28.1. The van der Waals surface area contributed by atoms with E-state index >= 15 is 0 Å². The summed E-state index contributed by atoms with van der Waals surface area (Å²) in [6, 6.07) is 4.32. The second-order valence-corrected chi connectivity index (χ2v) is 8.77. The maximum atomic E-state index is 6.61. The van der Waals surface area contributed by atoms with E-state index in [2.05, 4.69) is 38.5 Å². The number of halogens is 1. The molecule has 5 nitrogen and oxygen atoms in total. The highest BCUT2D eigenvalue weighted by Crippen LogP contribution is 2.62. The van der Waals surface area contributed by atoms with Gasteiger partial charge >= 0.3 is 0 Å². The minimum absolute atomic E-state index is 0.315. The van der Waals surface area contributed by atoms with Gasteiger partial charge in [0.15, 0.2) is 0 Å². The van der Waals surface area contributed by atoms with Crippen LogP contribution in [-0.2, 0) is 5.54 Å². The molecular formula is C20H22ClN5. The van der Waals surface area contributed by atoms with Gasteiger partial charge in [-0.15, -0.1) is 0 Å². The van der Waals surface area contributed by atoms with Gasteiger partial charge in [0.2, 0.25) is 0 Å². The first-order valence-electron chi connectivity index (χ1n) is 9.65. The number of nitrogens with zero attached hydrogens (tertiary/aromatic N) is 4. The summed E-state index contributed by atoms with van der Waals surface area (Å²) < 4.78 is 4.20. The van der Waals surface area contributed by atoms with Gasteiger partial charge in [0.05, 0.1) is 29.6 Å². The Kier molecular flexibility index (Phi) is 3.12. The zero-order valence-corrected chi connectivity index (χ0v) is 15.4. The second kappa shape index (κ2) is 5.33. The van der Waals surface area contributed by atoms with Crippen molar-refractivity contribution in [1.82, 2.24) is 24.9 Å². The molecule has 0 atom stereocenters. The molecule has 3 saturated carbocycles. The predicted molar refractivity (Wildman–Crippen MR) is 102 cm³/mol. The van der Waals surface area contributed by atoms with Crippen LogP contribution in [0.25, 0.3) is 16.6 Å². The van der Waals surface area contributed by atoms with E-state index in [0.717, 1.165) is 53.5 Å². The highest BCUT2D eigenvalue weighted by molar-refractivity contribution is 6.32. The monoisotopic (exact) mass is 367 g/mol. The summed E-state index contributed by atoms with van der Waals surface area (Å²) in [4.78, 5) is 0. The SMILES string of the molecule is Clc1cc2cnn(-c3cnn(C45CC(C4)C5)c3)c2cc1C1CCNCC1. The van der Waals surface area contributed by atoms with E-state index in [-0.39, 0.29) is 0 Å². The van der Waals surface area contributed by atoms with Crippen molar-refractivity contribution in [3.8, 4) is 5.69 Å². The van der Waals surface area contributed by atoms with Crippen molar-refractivity contribution in [3.05, 3.63) is 41.3 Å². The summed E-state index contributed by atoms with van der Waals surface area (Å²) in [5.74, 6) is 1.47. The number of benzene rings is 1. The smallest absolute Gasteiger partial charge is 0.103 e. The van der Waals surface area contributed by atoms with Crippen LogP contribution >= 0.6 is 11.6 Å². The Morgan fingerprint density at radius 3 is 2.62 bits per heavy atom. The standard InChI is InChI=1S/C20H22ClN5/c21-18-5-15-10-24-26(19(15)6-17(18)14-1-3-22-4-2-14)16-11-23-25(12-16)20-7-13(8-20)9-20/h5-6,10-14,22H,1-4,7-9H2. The van der Waals surface area contributed by atoms with Crippen molar-refractivity contribution in [1.29, 1.82) is 0 Å². The molecule has 3 aromatic rings. The van der Waals surface area contributed by atoms with E-state index in [4.69, 9.17) is 11.6 Å². The molecule has 3 aliphatic carbocycles. The Morgan fingerprint density at radius 1 is 1.08 bits per heavy atom. The molecule has 26 heavy (non-hydrogen) atoms. The Bertz CT molecular complexity index is 980. The summed E-state index contributed by atoms with van der Waals surface area (Å²) in [6.07, 6.45) is 12.2. The lowest BCUT2D eigenvalue weighted by Gasteiger charge is -2.61. The van der Waals surface area contributed by atoms with E-state index in [0.29, 0.717) is 11.5 Å². The van der Waals surface area contributed by atoms with Crippen LogP contribution in [0.15, 0.2) is 30.7 Å². The minimum atomic E-state index is 0.315. The van der Waals surface area contributed by atoms with Crippen LogP contribution in [0, 0.1) is 5.92 Å². The quantitative estimate of drug-likeness (QED) is 0.764. The van der Waals surface area contributed by atoms with Crippen molar-refractivity contribution in [2.75, 3.05) is 13.1 Å². The third-order valence-corrected chi connectivity index (χ3v) is 7.10. The first-order valence-corrected chi connectivity index (χ1v) is 10.0. The average Bonchev–Trinajstić information content (AvgIpc) is 3.19. The topological polar surface area (TPSA) is 47.7 Å². The van der Waals surface area contributed by atoms with Crippen molar-refractivity contribution >= 4 is 22.5 Å². The molecule has 1 aliphatic heterocycles. The maximum absolute atomic E-state index is 6.61. The molecule has 1 aromatic carbocycles. The fourth-order valence-electron chi connectivity index (χ4n) is 5.11. The highest BCUT2D eigenvalue weighted by atomic mass is 35.5.